The molecule has 0 unspecified atom stereocenters. The molecule has 1 aliphatic rings. The number of anilines is 1. The number of carbonyl (C=O) groups is 1. The molecule has 1 aromatic carbocycles. The second kappa shape index (κ2) is 4.26. The van der Waals surface area contributed by atoms with Gasteiger partial charge in [-0.1, -0.05) is 18.7 Å². The van der Waals surface area contributed by atoms with Gasteiger partial charge in [0.25, 0.3) is 0 Å². The van der Waals surface area contributed by atoms with Gasteiger partial charge in [0.15, 0.2) is 0 Å². The zero-order valence-electron chi connectivity index (χ0n) is 9.22. The van der Waals surface area contributed by atoms with Crippen LogP contribution in [0.4, 0.5) is 10.5 Å². The number of methoxy groups -OCH3 is 1. The van der Waals surface area contributed by atoms with Crippen LogP contribution in [0.5, 0.6) is 5.75 Å². The molecule has 1 saturated heterocycles. The highest BCUT2D eigenvalue weighted by atomic mass is 16.5. The van der Waals surface area contributed by atoms with E-state index in [1.807, 2.05) is 24.3 Å². The molecule has 0 N–H and O–H groups in total. The number of carbonyl (C=O) groups excluding carboxylic acids is 1. The Hall–Kier alpha value is -1.97. The smallest absolute Gasteiger partial charge is 0.328 e. The molecule has 0 radical (unpaired) electrons. The number of ether oxygens (including phenoxy) is 1. The summed E-state index contributed by atoms with van der Waals surface area (Å²) in [6.45, 7) is 4.94. The highest BCUT2D eigenvalue weighted by Gasteiger charge is 2.29. The lowest BCUT2D eigenvalue weighted by Gasteiger charge is -2.18. The number of rotatable bonds is 3. The second-order valence-electron chi connectivity index (χ2n) is 3.48. The number of hydrogen-bond donors (Lipinski definition) is 0. The van der Waals surface area contributed by atoms with Crippen LogP contribution >= 0.6 is 0 Å². The minimum atomic E-state index is -0.0560. The Morgan fingerprint density at radius 2 is 2.12 bits per heavy atom. The normalized spacial score (nSPS) is 15.4. The largest absolute Gasteiger partial charge is 0.495 e. The summed E-state index contributed by atoms with van der Waals surface area (Å²) >= 11 is 0. The number of hydrogen-bond acceptors (Lipinski definition) is 2. The second-order valence-corrected chi connectivity index (χ2v) is 3.48. The lowest BCUT2D eigenvalue weighted by atomic mass is 10.2. The van der Waals surface area contributed by atoms with Crippen molar-refractivity contribution < 1.29 is 9.53 Å². The van der Waals surface area contributed by atoms with E-state index >= 15 is 0 Å². The van der Waals surface area contributed by atoms with Crippen molar-refractivity contribution in [3.05, 3.63) is 37.0 Å². The maximum Gasteiger partial charge on any atom is 0.328 e. The summed E-state index contributed by atoms with van der Waals surface area (Å²) in [6, 6.07) is 7.44. The van der Waals surface area contributed by atoms with Crippen LogP contribution in [0, 0.1) is 0 Å². The van der Waals surface area contributed by atoms with E-state index in [4.69, 9.17) is 4.74 Å². The fraction of sp³-hybridized carbons (Fsp3) is 0.250. The van der Waals surface area contributed by atoms with Gasteiger partial charge in [0.2, 0.25) is 0 Å². The van der Waals surface area contributed by atoms with Crippen molar-refractivity contribution in [3.8, 4) is 5.75 Å². The van der Waals surface area contributed by atoms with Gasteiger partial charge in [-0.2, -0.15) is 0 Å². The van der Waals surface area contributed by atoms with Crippen LogP contribution in [-0.4, -0.2) is 31.1 Å². The van der Waals surface area contributed by atoms with E-state index in [1.54, 1.807) is 23.1 Å². The van der Waals surface area contributed by atoms with E-state index in [2.05, 4.69) is 6.58 Å². The van der Waals surface area contributed by atoms with Crippen LogP contribution in [0.25, 0.3) is 0 Å². The van der Waals surface area contributed by atoms with Gasteiger partial charge in [-0.25, -0.2) is 4.79 Å². The molecule has 0 aliphatic carbocycles. The number of amides is 2. The van der Waals surface area contributed by atoms with Crippen LogP contribution in [0.3, 0.4) is 0 Å². The number of para-hydroxylation sites is 2. The first-order valence-corrected chi connectivity index (χ1v) is 5.11. The van der Waals surface area contributed by atoms with Crippen LogP contribution < -0.4 is 9.64 Å². The van der Waals surface area contributed by atoms with Crippen LogP contribution in [0.2, 0.25) is 0 Å². The van der Waals surface area contributed by atoms with Crippen molar-refractivity contribution in [2.75, 3.05) is 25.1 Å². The molecule has 2 rings (SSSR count). The van der Waals surface area contributed by atoms with Gasteiger partial charge < -0.3 is 4.74 Å². The maximum absolute atomic E-state index is 11.9. The molecular weight excluding hydrogens is 204 g/mol. The van der Waals surface area contributed by atoms with E-state index in [0.717, 1.165) is 5.69 Å². The Labute approximate surface area is 94.7 Å². The van der Waals surface area contributed by atoms with Gasteiger partial charge in [0.05, 0.1) is 12.8 Å². The summed E-state index contributed by atoms with van der Waals surface area (Å²) in [5, 5.41) is 0. The van der Waals surface area contributed by atoms with Crippen LogP contribution in [-0.2, 0) is 0 Å². The molecule has 0 saturated carbocycles. The highest BCUT2D eigenvalue weighted by molar-refractivity contribution is 5.96. The summed E-state index contributed by atoms with van der Waals surface area (Å²) in [4.78, 5) is 15.2. The van der Waals surface area contributed by atoms with Crippen molar-refractivity contribution >= 4 is 11.7 Å². The third-order valence-corrected chi connectivity index (χ3v) is 2.64. The standard InChI is InChI=1S/C12H14N2O2/c1-3-13-8-9-14(12(13)15)10-6-4-5-7-11(10)16-2/h3-7H,1,8-9H2,2H3. The summed E-state index contributed by atoms with van der Waals surface area (Å²) in [6.07, 6.45) is 1.55. The summed E-state index contributed by atoms with van der Waals surface area (Å²) < 4.78 is 5.24. The minimum Gasteiger partial charge on any atom is -0.495 e. The average Bonchev–Trinajstić information content (AvgIpc) is 2.70. The van der Waals surface area contributed by atoms with Gasteiger partial charge in [0, 0.05) is 19.3 Å². The SMILES string of the molecule is C=CN1CCN(c2ccccc2OC)C1=O. The fourth-order valence-corrected chi connectivity index (χ4v) is 1.80. The van der Waals surface area contributed by atoms with E-state index < -0.39 is 0 Å². The average molecular weight is 218 g/mol. The molecule has 0 bridgehead atoms. The Kier molecular flexibility index (Phi) is 2.81. The van der Waals surface area contributed by atoms with Crippen molar-refractivity contribution in [1.29, 1.82) is 0 Å². The van der Waals surface area contributed by atoms with Crippen molar-refractivity contribution in [2.45, 2.75) is 0 Å². The van der Waals surface area contributed by atoms with Crippen molar-refractivity contribution in [1.82, 2.24) is 4.90 Å². The Bertz CT molecular complexity index is 417. The predicted octanol–water partition coefficient (Wildman–Crippen LogP) is 2.08. The van der Waals surface area contributed by atoms with Gasteiger partial charge in [-0.15, -0.1) is 0 Å². The lowest BCUT2D eigenvalue weighted by molar-refractivity contribution is 0.234. The molecule has 1 heterocycles. The Balaban J connectivity index is 2.31. The van der Waals surface area contributed by atoms with Crippen LogP contribution in [0.1, 0.15) is 0 Å². The monoisotopic (exact) mass is 218 g/mol. The van der Waals surface area contributed by atoms with Crippen LogP contribution in [0.15, 0.2) is 37.0 Å². The van der Waals surface area contributed by atoms with Gasteiger partial charge in [-0.3, -0.25) is 9.80 Å². The molecule has 1 aliphatic heterocycles. The van der Waals surface area contributed by atoms with E-state index in [1.165, 1.54) is 0 Å². The number of urea groups is 1. The van der Waals surface area contributed by atoms with Gasteiger partial charge in [0.1, 0.15) is 5.75 Å². The molecule has 16 heavy (non-hydrogen) atoms. The first-order valence-electron chi connectivity index (χ1n) is 5.11. The molecule has 2 amide bonds. The molecule has 4 nitrogen and oxygen atoms in total. The summed E-state index contributed by atoms with van der Waals surface area (Å²) in [7, 11) is 1.60. The van der Waals surface area contributed by atoms with Gasteiger partial charge in [-0.05, 0) is 12.1 Å². The highest BCUT2D eigenvalue weighted by Crippen LogP contribution is 2.30. The molecule has 4 heteroatoms. The molecule has 1 fully saturated rings. The molecule has 1 aromatic rings. The van der Waals surface area contributed by atoms with Crippen molar-refractivity contribution in [3.63, 3.8) is 0 Å². The topological polar surface area (TPSA) is 32.8 Å². The lowest BCUT2D eigenvalue weighted by Crippen LogP contribution is -2.28. The third kappa shape index (κ3) is 1.62. The Morgan fingerprint density at radius 1 is 1.38 bits per heavy atom. The molecule has 0 aromatic heterocycles. The molecule has 0 atom stereocenters. The minimum absolute atomic E-state index is 0.0560. The van der Waals surface area contributed by atoms with Crippen molar-refractivity contribution in [2.24, 2.45) is 0 Å². The number of benzene rings is 1. The maximum atomic E-state index is 11.9. The molecular formula is C12H14N2O2. The predicted molar refractivity (Wildman–Crippen MR) is 62.6 cm³/mol. The van der Waals surface area contributed by atoms with E-state index in [0.29, 0.717) is 18.8 Å². The van der Waals surface area contributed by atoms with Gasteiger partial charge >= 0.3 is 6.03 Å². The van der Waals surface area contributed by atoms with E-state index in [9.17, 15) is 4.79 Å². The first-order chi connectivity index (χ1) is 7.77. The number of nitrogens with zero attached hydrogens (tertiary/aromatic N) is 2. The fourth-order valence-electron chi connectivity index (χ4n) is 1.80. The summed E-state index contributed by atoms with van der Waals surface area (Å²) in [5.41, 5.74) is 0.805. The first kappa shape index (κ1) is 10.5. The zero-order chi connectivity index (χ0) is 11.5. The Morgan fingerprint density at radius 3 is 2.75 bits per heavy atom. The molecule has 0 spiro atoms. The zero-order valence-corrected chi connectivity index (χ0v) is 9.22. The molecule has 84 valence electrons. The third-order valence-electron chi connectivity index (χ3n) is 2.64. The van der Waals surface area contributed by atoms with E-state index in [-0.39, 0.29) is 6.03 Å². The quantitative estimate of drug-likeness (QED) is 0.778. The summed E-state index contributed by atoms with van der Waals surface area (Å²) in [5.74, 6) is 0.710.